The number of rotatable bonds is 4. The molecule has 8 heteroatoms. The van der Waals surface area contributed by atoms with Gasteiger partial charge in [-0.05, 0) is 13.8 Å². The van der Waals surface area contributed by atoms with Gasteiger partial charge in [-0.25, -0.2) is 8.78 Å². The molecule has 0 unspecified atom stereocenters. The van der Waals surface area contributed by atoms with Crippen LogP contribution >= 0.6 is 0 Å². The molecule has 0 atom stereocenters. The number of nitro groups is 1. The third-order valence-electron chi connectivity index (χ3n) is 3.34. The smallest absolute Gasteiger partial charge is 0.275 e. The van der Waals surface area contributed by atoms with E-state index in [1.807, 2.05) is 6.92 Å². The first-order valence-corrected chi connectivity index (χ1v) is 6.17. The molecule has 0 aliphatic carbocycles. The number of anilines is 1. The predicted molar refractivity (Wildman–Crippen MR) is 73.0 cm³/mol. The molecule has 1 aromatic heterocycles. The maximum Gasteiger partial charge on any atom is 0.275 e. The van der Waals surface area contributed by atoms with E-state index in [2.05, 4.69) is 10.4 Å². The molecule has 0 amide bonds. The van der Waals surface area contributed by atoms with Gasteiger partial charge in [-0.1, -0.05) is 0 Å². The van der Waals surface area contributed by atoms with Gasteiger partial charge >= 0.3 is 0 Å². The van der Waals surface area contributed by atoms with E-state index >= 15 is 0 Å². The van der Waals surface area contributed by atoms with Gasteiger partial charge in [-0.2, -0.15) is 5.10 Å². The van der Waals surface area contributed by atoms with E-state index in [9.17, 15) is 18.9 Å². The van der Waals surface area contributed by atoms with Crippen molar-refractivity contribution in [2.75, 3.05) is 5.32 Å². The molecule has 0 aliphatic heterocycles. The van der Waals surface area contributed by atoms with Crippen LogP contribution < -0.4 is 5.32 Å². The summed E-state index contributed by atoms with van der Waals surface area (Å²) in [4.78, 5) is 9.69. The molecule has 0 aliphatic rings. The Balaban J connectivity index is 2.26. The monoisotopic (exact) mass is 296 g/mol. The summed E-state index contributed by atoms with van der Waals surface area (Å²) < 4.78 is 29.2. The number of aromatic nitrogens is 2. The highest BCUT2D eigenvalue weighted by molar-refractivity contribution is 5.52. The largest absolute Gasteiger partial charge is 0.376 e. The summed E-state index contributed by atoms with van der Waals surface area (Å²) in [6.45, 7) is 3.82. The average Bonchev–Trinajstić information content (AvgIpc) is 2.63. The van der Waals surface area contributed by atoms with Gasteiger partial charge in [0.25, 0.3) is 5.69 Å². The zero-order chi connectivity index (χ0) is 15.7. The van der Waals surface area contributed by atoms with Crippen LogP contribution in [0.1, 0.15) is 17.0 Å². The van der Waals surface area contributed by atoms with Crippen molar-refractivity contribution < 1.29 is 13.7 Å². The fourth-order valence-corrected chi connectivity index (χ4v) is 2.08. The number of halogens is 2. The summed E-state index contributed by atoms with van der Waals surface area (Å²) in [5.74, 6) is -2.00. The minimum Gasteiger partial charge on any atom is -0.376 e. The number of aryl methyl sites for hydroxylation is 2. The second-order valence-electron chi connectivity index (χ2n) is 4.67. The number of nitro benzene ring substituents is 1. The standard InChI is InChI=1S/C13H14F2N4O2/c1-7-10(8(2)18(3)17-7)6-16-13-11(14)4-9(19(20)21)5-12(13)15/h4-5,16H,6H2,1-3H3. The van der Waals surface area contributed by atoms with Gasteiger partial charge in [0.1, 0.15) is 5.69 Å². The molecule has 1 aromatic carbocycles. The lowest BCUT2D eigenvalue weighted by Crippen LogP contribution is -2.06. The Labute approximate surface area is 119 Å². The molecule has 21 heavy (non-hydrogen) atoms. The molecule has 2 aromatic rings. The highest BCUT2D eigenvalue weighted by Gasteiger charge is 2.18. The van der Waals surface area contributed by atoms with E-state index in [0.29, 0.717) is 12.1 Å². The summed E-state index contributed by atoms with van der Waals surface area (Å²) in [7, 11) is 1.78. The molecule has 1 heterocycles. The summed E-state index contributed by atoms with van der Waals surface area (Å²) in [5.41, 5.74) is 1.45. The fourth-order valence-electron chi connectivity index (χ4n) is 2.08. The normalized spacial score (nSPS) is 10.7. The minimum absolute atomic E-state index is 0.178. The number of benzene rings is 1. The molecule has 2 rings (SSSR count). The van der Waals surface area contributed by atoms with Crippen LogP contribution in [-0.2, 0) is 13.6 Å². The maximum atomic E-state index is 13.8. The molecule has 6 nitrogen and oxygen atoms in total. The summed E-state index contributed by atoms with van der Waals surface area (Å²) in [6, 6.07) is 1.38. The van der Waals surface area contributed by atoms with Crippen LogP contribution in [0.5, 0.6) is 0 Å². The highest BCUT2D eigenvalue weighted by Crippen LogP contribution is 2.25. The maximum absolute atomic E-state index is 13.8. The summed E-state index contributed by atoms with van der Waals surface area (Å²) in [5, 5.41) is 17.4. The Morgan fingerprint density at radius 1 is 1.33 bits per heavy atom. The molecule has 0 fully saturated rings. The van der Waals surface area contributed by atoms with Crippen molar-refractivity contribution in [3.63, 3.8) is 0 Å². The highest BCUT2D eigenvalue weighted by atomic mass is 19.1. The zero-order valence-corrected chi connectivity index (χ0v) is 11.8. The quantitative estimate of drug-likeness (QED) is 0.695. The SMILES string of the molecule is Cc1nn(C)c(C)c1CNc1c(F)cc([N+](=O)[O-])cc1F. The lowest BCUT2D eigenvalue weighted by atomic mass is 10.2. The molecule has 0 bridgehead atoms. The van der Waals surface area contributed by atoms with Crippen molar-refractivity contribution in [3.8, 4) is 0 Å². The van der Waals surface area contributed by atoms with Crippen LogP contribution in [0, 0.1) is 35.6 Å². The molecule has 0 spiro atoms. The van der Waals surface area contributed by atoms with Crippen LogP contribution in [0.3, 0.4) is 0 Å². The van der Waals surface area contributed by atoms with Crippen molar-refractivity contribution in [2.24, 2.45) is 7.05 Å². The summed E-state index contributed by atoms with van der Waals surface area (Å²) >= 11 is 0. The van der Waals surface area contributed by atoms with Gasteiger partial charge in [0, 0.05) is 24.8 Å². The number of hydrogen-bond acceptors (Lipinski definition) is 4. The topological polar surface area (TPSA) is 73.0 Å². The van der Waals surface area contributed by atoms with Crippen LogP contribution in [0.15, 0.2) is 12.1 Å². The lowest BCUT2D eigenvalue weighted by Gasteiger charge is -2.09. The molecular weight excluding hydrogens is 282 g/mol. The van der Waals surface area contributed by atoms with Gasteiger partial charge in [0.2, 0.25) is 0 Å². The predicted octanol–water partition coefficient (Wildman–Crippen LogP) is 2.84. The second-order valence-corrected chi connectivity index (χ2v) is 4.67. The molecule has 112 valence electrons. The van der Waals surface area contributed by atoms with Gasteiger partial charge in [-0.15, -0.1) is 0 Å². The van der Waals surface area contributed by atoms with E-state index < -0.39 is 22.2 Å². The van der Waals surface area contributed by atoms with Crippen molar-refractivity contribution in [3.05, 3.63) is 50.8 Å². The van der Waals surface area contributed by atoms with Gasteiger partial charge in [0.15, 0.2) is 11.6 Å². The first kappa shape index (κ1) is 14.9. The fraction of sp³-hybridized carbons (Fsp3) is 0.308. The van der Waals surface area contributed by atoms with E-state index in [0.717, 1.165) is 17.0 Å². The first-order chi connectivity index (χ1) is 9.81. The van der Waals surface area contributed by atoms with Crippen LogP contribution in [-0.4, -0.2) is 14.7 Å². The van der Waals surface area contributed by atoms with E-state index in [1.165, 1.54) is 0 Å². The third kappa shape index (κ3) is 2.83. The number of nitrogens with zero attached hydrogens (tertiary/aromatic N) is 3. The number of non-ortho nitro benzene ring substituents is 1. The molecular formula is C13H14F2N4O2. The molecule has 0 radical (unpaired) electrons. The first-order valence-electron chi connectivity index (χ1n) is 6.17. The minimum atomic E-state index is -0.999. The van der Waals surface area contributed by atoms with Gasteiger partial charge in [0.05, 0.1) is 22.7 Å². The van der Waals surface area contributed by atoms with Crippen molar-refractivity contribution in [1.29, 1.82) is 0 Å². The third-order valence-corrected chi connectivity index (χ3v) is 3.34. The Morgan fingerprint density at radius 3 is 2.33 bits per heavy atom. The Morgan fingerprint density at radius 2 is 1.90 bits per heavy atom. The average molecular weight is 296 g/mol. The van der Waals surface area contributed by atoms with Crippen molar-refractivity contribution in [1.82, 2.24) is 9.78 Å². The summed E-state index contributed by atoms with van der Waals surface area (Å²) in [6.07, 6.45) is 0. The molecule has 0 saturated heterocycles. The van der Waals surface area contributed by atoms with E-state index in [1.54, 1.807) is 18.7 Å². The molecule has 1 N–H and O–H groups in total. The van der Waals surface area contributed by atoms with Crippen LogP contribution in [0.25, 0.3) is 0 Å². The van der Waals surface area contributed by atoms with Crippen LogP contribution in [0.2, 0.25) is 0 Å². The Hall–Kier alpha value is -2.51. The Bertz CT molecular complexity index is 689. The van der Waals surface area contributed by atoms with Crippen molar-refractivity contribution >= 4 is 11.4 Å². The zero-order valence-electron chi connectivity index (χ0n) is 11.8. The lowest BCUT2D eigenvalue weighted by molar-refractivity contribution is -0.385. The van der Waals surface area contributed by atoms with Gasteiger partial charge < -0.3 is 5.32 Å². The van der Waals surface area contributed by atoms with E-state index in [-0.39, 0.29) is 12.2 Å². The van der Waals surface area contributed by atoms with Crippen molar-refractivity contribution in [2.45, 2.75) is 20.4 Å². The van der Waals surface area contributed by atoms with Crippen LogP contribution in [0.4, 0.5) is 20.2 Å². The van der Waals surface area contributed by atoms with Gasteiger partial charge in [-0.3, -0.25) is 14.8 Å². The Kier molecular flexibility index (Phi) is 3.88. The second kappa shape index (κ2) is 5.47. The van der Waals surface area contributed by atoms with E-state index in [4.69, 9.17) is 0 Å². The molecule has 0 saturated carbocycles. The number of hydrogen-bond donors (Lipinski definition) is 1. The number of nitrogens with one attached hydrogen (secondary N) is 1.